The highest BCUT2D eigenvalue weighted by atomic mass is 16.7. The molecule has 0 aromatic rings. The number of aliphatic hydroxyl groups is 8. The summed E-state index contributed by atoms with van der Waals surface area (Å²) >= 11 is 0. The van der Waals surface area contributed by atoms with Crippen molar-refractivity contribution in [3.8, 4) is 0 Å². The van der Waals surface area contributed by atoms with Gasteiger partial charge >= 0.3 is 0 Å². The third-order valence-corrected chi connectivity index (χ3v) is 22.2. The zero-order valence-electron chi connectivity index (χ0n) is 68.2. The van der Waals surface area contributed by atoms with Crippen molar-refractivity contribution in [1.82, 2.24) is 5.32 Å². The van der Waals surface area contributed by atoms with Crippen molar-refractivity contribution in [3.05, 3.63) is 48.6 Å². The average molecular weight is 1490 g/mol. The molecule has 618 valence electrons. The Hall–Kier alpha value is -2.05. The summed E-state index contributed by atoms with van der Waals surface area (Å²) in [4.78, 5) is 13.4. The number of ether oxygens (including phenoxy) is 4. The molecule has 0 aliphatic carbocycles. The van der Waals surface area contributed by atoms with Gasteiger partial charge in [-0.15, -0.1) is 0 Å². The molecule has 2 fully saturated rings. The molecule has 0 bridgehead atoms. The lowest BCUT2D eigenvalue weighted by molar-refractivity contribution is -0.359. The first-order valence-corrected chi connectivity index (χ1v) is 45.4. The second-order valence-corrected chi connectivity index (χ2v) is 32.1. The van der Waals surface area contributed by atoms with Gasteiger partial charge in [0, 0.05) is 6.42 Å². The van der Waals surface area contributed by atoms with Gasteiger partial charge in [0.2, 0.25) is 5.91 Å². The van der Waals surface area contributed by atoms with Crippen LogP contribution in [0.3, 0.4) is 0 Å². The quantitative estimate of drug-likeness (QED) is 0.0204. The second kappa shape index (κ2) is 74.7. The molecule has 2 saturated heterocycles. The first-order chi connectivity index (χ1) is 51.6. The van der Waals surface area contributed by atoms with Crippen LogP contribution in [0.2, 0.25) is 0 Å². The molecule has 2 heterocycles. The summed E-state index contributed by atoms with van der Waals surface area (Å²) < 4.78 is 22.9. The number of carbonyl (C=O) groups is 1. The van der Waals surface area contributed by atoms with Gasteiger partial charge in [0.05, 0.1) is 32.0 Å². The van der Waals surface area contributed by atoms with Crippen LogP contribution in [0.25, 0.3) is 0 Å². The summed E-state index contributed by atoms with van der Waals surface area (Å²) in [7, 11) is 0. The molecule has 14 heteroatoms. The Balaban J connectivity index is 1.57. The summed E-state index contributed by atoms with van der Waals surface area (Å²) in [6.07, 6.45) is 85.3. The molecule has 14 nitrogen and oxygen atoms in total. The molecule has 12 atom stereocenters. The summed E-state index contributed by atoms with van der Waals surface area (Å²) in [5.41, 5.74) is 0. The van der Waals surface area contributed by atoms with E-state index in [1.54, 1.807) is 6.08 Å². The van der Waals surface area contributed by atoms with Crippen LogP contribution in [0.15, 0.2) is 48.6 Å². The third-order valence-electron chi connectivity index (χ3n) is 22.2. The number of amides is 1. The summed E-state index contributed by atoms with van der Waals surface area (Å²) in [5, 5.41) is 87.8. The van der Waals surface area contributed by atoms with Gasteiger partial charge in [-0.2, -0.15) is 0 Å². The maximum absolute atomic E-state index is 13.4. The van der Waals surface area contributed by atoms with E-state index in [4.69, 9.17) is 18.9 Å². The van der Waals surface area contributed by atoms with Gasteiger partial charge in [-0.1, -0.05) is 403 Å². The zero-order valence-corrected chi connectivity index (χ0v) is 68.2. The first kappa shape index (κ1) is 99.0. The van der Waals surface area contributed by atoms with Crippen LogP contribution in [-0.2, 0) is 23.7 Å². The highest BCUT2D eigenvalue weighted by Gasteiger charge is 2.51. The number of rotatable bonds is 78. The van der Waals surface area contributed by atoms with E-state index in [1.165, 1.54) is 353 Å². The number of nitrogens with one attached hydrogen (secondary N) is 1. The van der Waals surface area contributed by atoms with E-state index < -0.39 is 86.8 Å². The highest BCUT2D eigenvalue weighted by molar-refractivity contribution is 5.76. The minimum atomic E-state index is -1.79. The Morgan fingerprint density at radius 3 is 0.933 bits per heavy atom. The van der Waals surface area contributed by atoms with E-state index in [0.29, 0.717) is 12.8 Å². The van der Waals surface area contributed by atoms with Crippen LogP contribution >= 0.6 is 0 Å². The number of hydrogen-bond donors (Lipinski definition) is 9. The Bertz CT molecular complexity index is 1950. The lowest BCUT2D eigenvalue weighted by atomic mass is 9.97. The molecule has 105 heavy (non-hydrogen) atoms. The van der Waals surface area contributed by atoms with Crippen molar-refractivity contribution < 1.29 is 64.6 Å². The molecule has 0 aromatic heterocycles. The SMILES string of the molecule is CCCCCCCCCC/C=C\CCCCCCCCCCCCCCCCCCCCCCCCCCCCCC(=O)NC(COC1OC(CO)C(OC2OC(CO)C(O)C(O)C2O)C(O)C1O)C(O)/C=C/CC/C=C/CC/C=C/CCCCCCCCCCCCCCCCCCCCCCCC. The smallest absolute Gasteiger partial charge is 0.220 e. The van der Waals surface area contributed by atoms with E-state index in [1.807, 2.05) is 6.08 Å². The van der Waals surface area contributed by atoms with E-state index in [2.05, 4.69) is 55.6 Å². The number of carbonyl (C=O) groups excluding carboxylic acids is 1. The number of hydrogen-bond acceptors (Lipinski definition) is 13. The van der Waals surface area contributed by atoms with E-state index in [0.717, 1.165) is 44.9 Å². The first-order valence-electron chi connectivity index (χ1n) is 45.4. The van der Waals surface area contributed by atoms with E-state index in [-0.39, 0.29) is 18.9 Å². The van der Waals surface area contributed by atoms with Crippen LogP contribution in [-0.4, -0.2) is 140 Å². The van der Waals surface area contributed by atoms with Gasteiger partial charge in [0.15, 0.2) is 12.6 Å². The Kier molecular flexibility index (Phi) is 70.4. The minimum absolute atomic E-state index is 0.245. The van der Waals surface area contributed by atoms with Crippen molar-refractivity contribution in [2.45, 2.75) is 505 Å². The Morgan fingerprint density at radius 1 is 0.333 bits per heavy atom. The second-order valence-electron chi connectivity index (χ2n) is 32.1. The fourth-order valence-electron chi connectivity index (χ4n) is 15.1. The molecule has 2 rings (SSSR count). The average Bonchev–Trinajstić information content (AvgIpc) is 0.789. The molecule has 9 N–H and O–H groups in total. The van der Waals surface area contributed by atoms with Crippen molar-refractivity contribution in [2.75, 3.05) is 19.8 Å². The van der Waals surface area contributed by atoms with Crippen molar-refractivity contribution >= 4 is 5.91 Å². The normalized spacial score (nSPS) is 21.5. The fraction of sp³-hybridized carbons (Fsp3) is 0.901. The fourth-order valence-corrected chi connectivity index (χ4v) is 15.1. The summed E-state index contributed by atoms with van der Waals surface area (Å²) in [5.74, 6) is -0.245. The van der Waals surface area contributed by atoms with Crippen LogP contribution in [0, 0.1) is 0 Å². The third kappa shape index (κ3) is 56.8. The maximum Gasteiger partial charge on any atom is 0.220 e. The predicted octanol–water partition coefficient (Wildman–Crippen LogP) is 22.1. The Morgan fingerprint density at radius 2 is 0.610 bits per heavy atom. The highest BCUT2D eigenvalue weighted by Crippen LogP contribution is 2.31. The molecule has 0 radical (unpaired) electrons. The van der Waals surface area contributed by atoms with Gasteiger partial charge < -0.3 is 65.1 Å². The summed E-state index contributed by atoms with van der Waals surface area (Å²) in [6, 6.07) is -0.940. The molecule has 0 spiro atoms. The van der Waals surface area contributed by atoms with Crippen molar-refractivity contribution in [3.63, 3.8) is 0 Å². The molecule has 12 unspecified atom stereocenters. The number of aliphatic hydroxyl groups excluding tert-OH is 8. The zero-order chi connectivity index (χ0) is 75.8. The molecule has 0 aromatic carbocycles. The van der Waals surface area contributed by atoms with Crippen LogP contribution in [0.1, 0.15) is 431 Å². The molecule has 1 amide bonds. The van der Waals surface area contributed by atoms with E-state index in [9.17, 15) is 45.6 Å². The van der Waals surface area contributed by atoms with Crippen LogP contribution in [0.5, 0.6) is 0 Å². The van der Waals surface area contributed by atoms with Crippen LogP contribution < -0.4 is 5.32 Å². The Labute approximate surface area is 645 Å². The van der Waals surface area contributed by atoms with Crippen molar-refractivity contribution in [2.24, 2.45) is 0 Å². The maximum atomic E-state index is 13.4. The lowest BCUT2D eigenvalue weighted by Crippen LogP contribution is -2.65. The van der Waals surface area contributed by atoms with Crippen molar-refractivity contribution in [1.29, 1.82) is 0 Å². The van der Waals surface area contributed by atoms with Gasteiger partial charge in [0.1, 0.15) is 48.8 Å². The monoisotopic (exact) mass is 1490 g/mol. The number of allylic oxidation sites excluding steroid dienone is 7. The topological polar surface area (TPSA) is 228 Å². The molecule has 2 aliphatic heterocycles. The van der Waals surface area contributed by atoms with Gasteiger partial charge in [0.25, 0.3) is 0 Å². The molecular formula is C91H171NO13. The van der Waals surface area contributed by atoms with Gasteiger partial charge in [-0.25, -0.2) is 0 Å². The van der Waals surface area contributed by atoms with E-state index >= 15 is 0 Å². The standard InChI is InChI=1S/C91H171NO13/c1-3-5-7-9-11-13-15-17-19-21-23-25-27-29-31-33-35-37-38-39-40-41-42-43-45-47-49-51-53-55-57-59-61-63-65-67-69-71-73-75-83(96)92-79(78-102-90-88(101)86(99)89(82(77-94)104-90)105-91-87(100)85(98)84(97)81(76-93)103-91)80(95)74-72-70-68-66-64-62-60-58-56-54-52-50-48-46-44-36-34-32-30-28-26-24-22-20-18-16-14-12-10-8-6-4-2/h21,23,56,58,64,66,72,74,79-82,84-91,93-95,97-101H,3-20,22,24-55,57,59-63,65,67-71,73,75-78H2,1-2H3,(H,92,96)/b23-21-,58-56+,66-64+,74-72+. The number of unbranched alkanes of at least 4 members (excludes halogenated alkanes) is 59. The van der Waals surface area contributed by atoms with Crippen LogP contribution in [0.4, 0.5) is 0 Å². The van der Waals surface area contributed by atoms with Gasteiger partial charge in [-0.05, 0) is 70.6 Å². The summed E-state index contributed by atoms with van der Waals surface area (Å²) in [6.45, 7) is 2.85. The lowest BCUT2D eigenvalue weighted by Gasteiger charge is -2.46. The van der Waals surface area contributed by atoms with Gasteiger partial charge in [-0.3, -0.25) is 4.79 Å². The molecular weight excluding hydrogens is 1310 g/mol. The predicted molar refractivity (Wildman–Crippen MR) is 438 cm³/mol. The minimum Gasteiger partial charge on any atom is -0.394 e. The molecule has 2 aliphatic rings. The largest absolute Gasteiger partial charge is 0.394 e. The molecule has 0 saturated carbocycles.